The maximum atomic E-state index is 5.56. The van der Waals surface area contributed by atoms with Crippen LogP contribution in [0.3, 0.4) is 0 Å². The molecule has 0 bridgehead atoms. The Labute approximate surface area is 93.7 Å². The summed E-state index contributed by atoms with van der Waals surface area (Å²) in [6.45, 7) is 4.31. The Morgan fingerprint density at radius 1 is 1.31 bits per heavy atom. The van der Waals surface area contributed by atoms with E-state index in [0.29, 0.717) is 18.3 Å². The van der Waals surface area contributed by atoms with Gasteiger partial charge in [0, 0.05) is 30.1 Å². The number of nitrogens with zero attached hydrogens (tertiary/aromatic N) is 2. The lowest BCUT2D eigenvalue weighted by Crippen LogP contribution is -2.01. The molecule has 0 aliphatic rings. The van der Waals surface area contributed by atoms with Crippen LogP contribution in [0.1, 0.15) is 17.0 Å². The van der Waals surface area contributed by atoms with Crippen molar-refractivity contribution < 1.29 is 4.74 Å². The first kappa shape index (κ1) is 10.6. The number of hydrogen-bond acceptors (Lipinski definition) is 4. The lowest BCUT2D eigenvalue weighted by atomic mass is 10.2. The summed E-state index contributed by atoms with van der Waals surface area (Å²) in [6, 6.07) is 5.52. The molecule has 0 fully saturated rings. The highest BCUT2D eigenvalue weighted by Gasteiger charge is 2.04. The minimum Gasteiger partial charge on any atom is -0.419 e. The number of aromatic amines is 1. The number of hydrogen-bond donors (Lipinski definition) is 2. The zero-order valence-electron chi connectivity index (χ0n) is 9.32. The van der Waals surface area contributed by atoms with Gasteiger partial charge in [0.1, 0.15) is 0 Å². The molecule has 0 radical (unpaired) electrons. The molecule has 0 aliphatic heterocycles. The maximum absolute atomic E-state index is 5.56. The normalized spacial score (nSPS) is 10.4. The molecule has 2 rings (SSSR count). The van der Waals surface area contributed by atoms with Gasteiger partial charge in [-0.25, -0.2) is 4.98 Å². The van der Waals surface area contributed by atoms with Crippen LogP contribution in [0.5, 0.6) is 11.8 Å². The minimum atomic E-state index is 0.487. The Morgan fingerprint density at radius 3 is 2.69 bits per heavy atom. The van der Waals surface area contributed by atoms with Gasteiger partial charge in [-0.2, -0.15) is 0 Å². The summed E-state index contributed by atoms with van der Waals surface area (Å²) in [6.07, 6.45) is 0. The van der Waals surface area contributed by atoms with E-state index in [0.717, 1.165) is 17.0 Å². The monoisotopic (exact) mass is 218 g/mol. The summed E-state index contributed by atoms with van der Waals surface area (Å²) in [5, 5.41) is 6.77. The van der Waals surface area contributed by atoms with Crippen molar-refractivity contribution in [2.24, 2.45) is 5.73 Å². The second kappa shape index (κ2) is 4.32. The maximum Gasteiger partial charge on any atom is 0.240 e. The Bertz CT molecular complexity index is 492. The summed E-state index contributed by atoms with van der Waals surface area (Å²) in [4.78, 5) is 4.29. The van der Waals surface area contributed by atoms with Crippen molar-refractivity contribution in [3.8, 4) is 11.8 Å². The molecule has 84 valence electrons. The molecular weight excluding hydrogens is 204 g/mol. The van der Waals surface area contributed by atoms with Crippen LogP contribution >= 0.6 is 0 Å². The van der Waals surface area contributed by atoms with E-state index in [2.05, 4.69) is 15.2 Å². The molecule has 2 aromatic heterocycles. The van der Waals surface area contributed by atoms with Gasteiger partial charge in [-0.1, -0.05) is 6.07 Å². The number of nitrogens with two attached hydrogens (primary N) is 1. The molecule has 0 amide bonds. The zero-order valence-corrected chi connectivity index (χ0v) is 9.32. The van der Waals surface area contributed by atoms with Gasteiger partial charge < -0.3 is 10.5 Å². The fraction of sp³-hybridized carbons (Fsp3) is 0.273. The molecule has 0 atom stereocenters. The van der Waals surface area contributed by atoms with E-state index in [-0.39, 0.29) is 0 Å². The molecule has 0 spiro atoms. The van der Waals surface area contributed by atoms with Gasteiger partial charge in [-0.3, -0.25) is 5.10 Å². The Kier molecular flexibility index (Phi) is 2.87. The van der Waals surface area contributed by atoms with E-state index >= 15 is 0 Å². The van der Waals surface area contributed by atoms with E-state index in [1.165, 1.54) is 0 Å². The van der Waals surface area contributed by atoms with Crippen molar-refractivity contribution in [2.75, 3.05) is 0 Å². The summed E-state index contributed by atoms with van der Waals surface area (Å²) >= 11 is 0. The van der Waals surface area contributed by atoms with Crippen molar-refractivity contribution in [1.29, 1.82) is 0 Å². The standard InChI is InChI=1S/C11H14N4O/c1-7-5-11(15-14-7)16-10-4-3-9(6-12)8(2)13-10/h3-5H,6,12H2,1-2H3,(H,14,15). The number of H-pyrrole nitrogens is 1. The van der Waals surface area contributed by atoms with Crippen LogP contribution in [0.4, 0.5) is 0 Å². The Balaban J connectivity index is 2.19. The number of ether oxygens (including phenoxy) is 1. The van der Waals surface area contributed by atoms with Gasteiger partial charge >= 0.3 is 0 Å². The van der Waals surface area contributed by atoms with E-state index < -0.39 is 0 Å². The van der Waals surface area contributed by atoms with Crippen LogP contribution in [0.15, 0.2) is 18.2 Å². The van der Waals surface area contributed by atoms with E-state index in [1.807, 2.05) is 26.0 Å². The quantitative estimate of drug-likeness (QED) is 0.821. The highest BCUT2D eigenvalue weighted by molar-refractivity contribution is 5.27. The van der Waals surface area contributed by atoms with Gasteiger partial charge in [0.15, 0.2) is 0 Å². The van der Waals surface area contributed by atoms with Crippen molar-refractivity contribution in [1.82, 2.24) is 15.2 Å². The average Bonchev–Trinajstić information content (AvgIpc) is 2.64. The van der Waals surface area contributed by atoms with Crippen molar-refractivity contribution in [2.45, 2.75) is 20.4 Å². The second-order valence-corrected chi connectivity index (χ2v) is 3.59. The Morgan fingerprint density at radius 2 is 2.12 bits per heavy atom. The van der Waals surface area contributed by atoms with E-state index in [1.54, 1.807) is 6.07 Å². The molecule has 2 heterocycles. The molecule has 5 nitrogen and oxygen atoms in total. The van der Waals surface area contributed by atoms with Gasteiger partial charge in [-0.15, -0.1) is 5.10 Å². The third kappa shape index (κ3) is 2.20. The molecule has 0 unspecified atom stereocenters. The molecule has 5 heteroatoms. The first-order valence-corrected chi connectivity index (χ1v) is 5.05. The zero-order chi connectivity index (χ0) is 11.5. The smallest absolute Gasteiger partial charge is 0.240 e. The van der Waals surface area contributed by atoms with Crippen LogP contribution < -0.4 is 10.5 Å². The van der Waals surface area contributed by atoms with Crippen LogP contribution in [-0.2, 0) is 6.54 Å². The largest absolute Gasteiger partial charge is 0.419 e. The first-order chi connectivity index (χ1) is 7.69. The molecule has 0 saturated heterocycles. The molecule has 16 heavy (non-hydrogen) atoms. The van der Waals surface area contributed by atoms with Gasteiger partial charge in [0.25, 0.3) is 0 Å². The number of aryl methyl sites for hydroxylation is 2. The van der Waals surface area contributed by atoms with Crippen LogP contribution in [-0.4, -0.2) is 15.2 Å². The number of nitrogens with one attached hydrogen (secondary N) is 1. The molecule has 0 aliphatic carbocycles. The number of pyridine rings is 1. The second-order valence-electron chi connectivity index (χ2n) is 3.59. The predicted molar refractivity (Wildman–Crippen MR) is 60.3 cm³/mol. The van der Waals surface area contributed by atoms with Gasteiger partial charge in [0.2, 0.25) is 11.8 Å². The topological polar surface area (TPSA) is 76.8 Å². The van der Waals surface area contributed by atoms with E-state index in [4.69, 9.17) is 10.5 Å². The first-order valence-electron chi connectivity index (χ1n) is 5.05. The van der Waals surface area contributed by atoms with Gasteiger partial charge in [-0.05, 0) is 19.4 Å². The fourth-order valence-electron chi connectivity index (χ4n) is 1.39. The van der Waals surface area contributed by atoms with E-state index in [9.17, 15) is 0 Å². The van der Waals surface area contributed by atoms with Crippen LogP contribution in [0, 0.1) is 13.8 Å². The number of aromatic nitrogens is 3. The highest BCUT2D eigenvalue weighted by atomic mass is 16.5. The summed E-state index contributed by atoms with van der Waals surface area (Å²) in [5.41, 5.74) is 8.41. The molecule has 2 aromatic rings. The van der Waals surface area contributed by atoms with Crippen molar-refractivity contribution in [3.05, 3.63) is 35.2 Å². The molecule has 0 saturated carbocycles. The average molecular weight is 218 g/mol. The van der Waals surface area contributed by atoms with Crippen molar-refractivity contribution >= 4 is 0 Å². The summed E-state index contributed by atoms with van der Waals surface area (Å²) in [7, 11) is 0. The summed E-state index contributed by atoms with van der Waals surface area (Å²) in [5.74, 6) is 1.05. The molecule has 0 aromatic carbocycles. The third-order valence-electron chi connectivity index (χ3n) is 2.28. The predicted octanol–water partition coefficient (Wildman–Crippen LogP) is 1.67. The fourth-order valence-corrected chi connectivity index (χ4v) is 1.39. The molecular formula is C11H14N4O. The highest BCUT2D eigenvalue weighted by Crippen LogP contribution is 2.19. The Hall–Kier alpha value is -1.88. The van der Waals surface area contributed by atoms with Crippen molar-refractivity contribution in [3.63, 3.8) is 0 Å². The summed E-state index contributed by atoms with van der Waals surface area (Å²) < 4.78 is 5.49. The molecule has 3 N–H and O–H groups in total. The van der Waals surface area contributed by atoms with Crippen LogP contribution in [0.25, 0.3) is 0 Å². The number of rotatable bonds is 3. The SMILES string of the molecule is Cc1cc(Oc2ccc(CN)c(C)n2)n[nH]1. The van der Waals surface area contributed by atoms with Gasteiger partial charge in [0.05, 0.1) is 0 Å². The minimum absolute atomic E-state index is 0.487. The lowest BCUT2D eigenvalue weighted by molar-refractivity contribution is 0.442. The third-order valence-corrected chi connectivity index (χ3v) is 2.28. The van der Waals surface area contributed by atoms with Crippen LogP contribution in [0.2, 0.25) is 0 Å². The lowest BCUT2D eigenvalue weighted by Gasteiger charge is -2.05.